The third-order valence-corrected chi connectivity index (χ3v) is 2.08. The molecular formula is C9H7BO. The fourth-order valence-corrected chi connectivity index (χ4v) is 1.54. The Morgan fingerprint density at radius 3 is 2.82 bits per heavy atom. The molecule has 1 aromatic carbocycles. The Bertz CT molecular complexity index is 317. The molecule has 11 heavy (non-hydrogen) atoms. The summed E-state index contributed by atoms with van der Waals surface area (Å²) in [4.78, 5) is 11.2. The van der Waals surface area contributed by atoms with E-state index >= 15 is 0 Å². The second kappa shape index (κ2) is 2.23. The molecule has 2 radical (unpaired) electrons. The lowest BCUT2D eigenvalue weighted by atomic mass is 9.88. The van der Waals surface area contributed by atoms with Crippen LogP contribution in [0.5, 0.6) is 0 Å². The molecule has 2 heteroatoms. The molecule has 0 bridgehead atoms. The molecule has 2 rings (SSSR count). The predicted molar refractivity (Wildman–Crippen MR) is 44.5 cm³/mol. The number of carbonyl (C=O) groups is 1. The molecule has 1 aliphatic rings. The summed E-state index contributed by atoms with van der Waals surface area (Å²) in [6.07, 6.45) is 1.49. The molecule has 0 spiro atoms. The van der Waals surface area contributed by atoms with Crippen LogP contribution in [0, 0.1) is 0 Å². The maximum Gasteiger partial charge on any atom is 0.162 e. The van der Waals surface area contributed by atoms with Crippen LogP contribution in [0.1, 0.15) is 22.3 Å². The number of benzene rings is 1. The maximum absolute atomic E-state index is 11.2. The molecule has 0 atom stereocenters. The first kappa shape index (κ1) is 6.65. The van der Waals surface area contributed by atoms with Crippen LogP contribution in [0.25, 0.3) is 0 Å². The SMILES string of the molecule is [B]c1cccc2c1C(=O)CC2. The molecule has 0 saturated heterocycles. The van der Waals surface area contributed by atoms with Crippen LogP contribution in [-0.2, 0) is 6.42 Å². The minimum atomic E-state index is 0.193. The maximum atomic E-state index is 11.2. The van der Waals surface area contributed by atoms with Crippen LogP contribution in [0.15, 0.2) is 18.2 Å². The molecule has 0 unspecified atom stereocenters. The smallest absolute Gasteiger partial charge is 0.162 e. The summed E-state index contributed by atoms with van der Waals surface area (Å²) < 4.78 is 0. The average Bonchev–Trinajstić information content (AvgIpc) is 2.34. The van der Waals surface area contributed by atoms with E-state index in [1.165, 1.54) is 0 Å². The van der Waals surface area contributed by atoms with E-state index in [2.05, 4.69) is 0 Å². The number of hydrogen-bond acceptors (Lipinski definition) is 1. The van der Waals surface area contributed by atoms with E-state index in [0.717, 1.165) is 17.5 Å². The van der Waals surface area contributed by atoms with Crippen LogP contribution < -0.4 is 5.46 Å². The molecule has 0 fully saturated rings. The molecule has 1 aliphatic carbocycles. The van der Waals surface area contributed by atoms with Gasteiger partial charge in [0.15, 0.2) is 5.78 Å². The van der Waals surface area contributed by atoms with Gasteiger partial charge < -0.3 is 0 Å². The fourth-order valence-electron chi connectivity index (χ4n) is 1.54. The lowest BCUT2D eigenvalue weighted by molar-refractivity contribution is 0.0995. The number of fused-ring (bicyclic) bond motifs is 1. The molecule has 1 aromatic rings. The average molecular weight is 142 g/mol. The molecule has 0 heterocycles. The van der Waals surface area contributed by atoms with Crippen LogP contribution >= 0.6 is 0 Å². The van der Waals surface area contributed by atoms with Crippen molar-refractivity contribution in [3.63, 3.8) is 0 Å². The van der Waals surface area contributed by atoms with Crippen molar-refractivity contribution in [1.29, 1.82) is 0 Å². The Labute approximate surface area is 66.8 Å². The number of carbonyl (C=O) groups excluding carboxylic acids is 1. The number of aryl methyl sites for hydroxylation is 1. The van der Waals surface area contributed by atoms with Gasteiger partial charge in [-0.25, -0.2) is 0 Å². The molecule has 0 aromatic heterocycles. The Morgan fingerprint density at radius 1 is 1.27 bits per heavy atom. The van der Waals surface area contributed by atoms with Crippen LogP contribution in [0.4, 0.5) is 0 Å². The lowest BCUT2D eigenvalue weighted by Gasteiger charge is -2.00. The highest BCUT2D eigenvalue weighted by Crippen LogP contribution is 2.18. The number of hydrogen-bond donors (Lipinski definition) is 0. The molecular weight excluding hydrogens is 135 g/mol. The van der Waals surface area contributed by atoms with E-state index in [-0.39, 0.29) is 5.78 Å². The minimum Gasteiger partial charge on any atom is -0.294 e. The Kier molecular flexibility index (Phi) is 1.35. The van der Waals surface area contributed by atoms with Crippen LogP contribution in [0.3, 0.4) is 0 Å². The van der Waals surface area contributed by atoms with Gasteiger partial charge in [-0.15, -0.1) is 0 Å². The normalized spacial score (nSPS) is 15.1. The van der Waals surface area contributed by atoms with E-state index in [0.29, 0.717) is 11.9 Å². The summed E-state index contributed by atoms with van der Waals surface area (Å²) in [7, 11) is 5.64. The van der Waals surface area contributed by atoms with Gasteiger partial charge in [0.05, 0.1) is 0 Å². The Balaban J connectivity index is 2.68. The minimum absolute atomic E-state index is 0.193. The summed E-state index contributed by atoms with van der Waals surface area (Å²) in [5, 5.41) is 0. The van der Waals surface area contributed by atoms with Crippen molar-refractivity contribution in [3.05, 3.63) is 29.3 Å². The first-order chi connectivity index (χ1) is 5.29. The van der Waals surface area contributed by atoms with Crippen molar-refractivity contribution in [2.24, 2.45) is 0 Å². The summed E-state index contributed by atoms with van der Waals surface area (Å²) in [6, 6.07) is 5.64. The summed E-state index contributed by atoms with van der Waals surface area (Å²) >= 11 is 0. The largest absolute Gasteiger partial charge is 0.294 e. The number of rotatable bonds is 0. The first-order valence-electron chi connectivity index (χ1n) is 3.69. The third-order valence-electron chi connectivity index (χ3n) is 2.08. The summed E-state index contributed by atoms with van der Waals surface area (Å²) in [5.74, 6) is 0.193. The van der Waals surface area contributed by atoms with Gasteiger partial charge in [0, 0.05) is 12.0 Å². The third kappa shape index (κ3) is 0.899. The van der Waals surface area contributed by atoms with E-state index in [1.807, 2.05) is 12.1 Å². The van der Waals surface area contributed by atoms with Crippen LogP contribution in [0.2, 0.25) is 0 Å². The topological polar surface area (TPSA) is 17.1 Å². The zero-order chi connectivity index (χ0) is 7.84. The van der Waals surface area contributed by atoms with Crippen LogP contribution in [-0.4, -0.2) is 13.6 Å². The van der Waals surface area contributed by atoms with Crippen molar-refractivity contribution in [2.45, 2.75) is 12.8 Å². The first-order valence-corrected chi connectivity index (χ1v) is 3.69. The van der Waals surface area contributed by atoms with Gasteiger partial charge in [-0.3, -0.25) is 4.79 Å². The summed E-state index contributed by atoms with van der Waals surface area (Å²) in [6.45, 7) is 0. The highest BCUT2D eigenvalue weighted by Gasteiger charge is 2.19. The highest BCUT2D eigenvalue weighted by atomic mass is 16.1. The van der Waals surface area contributed by atoms with Gasteiger partial charge >= 0.3 is 0 Å². The standard InChI is InChI=1S/C9H7BO/c10-7-3-1-2-6-4-5-8(11)9(6)7/h1-3H,4-5H2. The zero-order valence-electron chi connectivity index (χ0n) is 6.13. The second-order valence-electron chi connectivity index (χ2n) is 2.80. The van der Waals surface area contributed by atoms with Crippen molar-refractivity contribution < 1.29 is 4.79 Å². The van der Waals surface area contributed by atoms with E-state index in [4.69, 9.17) is 7.85 Å². The molecule has 0 N–H and O–H groups in total. The van der Waals surface area contributed by atoms with Crippen molar-refractivity contribution >= 4 is 19.1 Å². The quantitative estimate of drug-likeness (QED) is 0.485. The second-order valence-corrected chi connectivity index (χ2v) is 2.80. The molecule has 0 amide bonds. The Morgan fingerprint density at radius 2 is 2.09 bits per heavy atom. The lowest BCUT2D eigenvalue weighted by Crippen LogP contribution is -2.12. The van der Waals surface area contributed by atoms with Gasteiger partial charge in [-0.2, -0.15) is 0 Å². The Hall–Kier alpha value is -1.05. The zero-order valence-corrected chi connectivity index (χ0v) is 6.13. The molecule has 52 valence electrons. The monoisotopic (exact) mass is 142 g/mol. The van der Waals surface area contributed by atoms with Crippen molar-refractivity contribution in [3.8, 4) is 0 Å². The predicted octanol–water partition coefficient (Wildman–Crippen LogP) is 0.609. The van der Waals surface area contributed by atoms with Crippen molar-refractivity contribution in [2.75, 3.05) is 0 Å². The molecule has 0 aliphatic heterocycles. The molecule has 0 saturated carbocycles. The highest BCUT2D eigenvalue weighted by molar-refractivity contribution is 6.37. The van der Waals surface area contributed by atoms with Gasteiger partial charge in [0.2, 0.25) is 0 Å². The van der Waals surface area contributed by atoms with Gasteiger partial charge in [0.25, 0.3) is 0 Å². The van der Waals surface area contributed by atoms with E-state index in [9.17, 15) is 4.79 Å². The van der Waals surface area contributed by atoms with Gasteiger partial charge in [0.1, 0.15) is 7.85 Å². The summed E-state index contributed by atoms with van der Waals surface area (Å²) in [5.41, 5.74) is 2.49. The van der Waals surface area contributed by atoms with Gasteiger partial charge in [-0.05, 0) is 12.0 Å². The van der Waals surface area contributed by atoms with Crippen molar-refractivity contribution in [1.82, 2.24) is 0 Å². The fraction of sp³-hybridized carbons (Fsp3) is 0.222. The number of Topliss-reactive ketones (excluding diaryl/α,β-unsaturated/α-hetero) is 1. The van der Waals surface area contributed by atoms with E-state index in [1.54, 1.807) is 6.07 Å². The number of ketones is 1. The van der Waals surface area contributed by atoms with E-state index < -0.39 is 0 Å². The van der Waals surface area contributed by atoms with Gasteiger partial charge in [-0.1, -0.05) is 23.7 Å². The molecule has 1 nitrogen and oxygen atoms in total.